The van der Waals surface area contributed by atoms with Gasteiger partial charge in [0.15, 0.2) is 0 Å². The molecule has 0 unspecified atom stereocenters. The molecule has 1 fully saturated rings. The van der Waals surface area contributed by atoms with Gasteiger partial charge in [-0.25, -0.2) is 4.98 Å². The van der Waals surface area contributed by atoms with Crippen molar-refractivity contribution in [2.75, 3.05) is 31.1 Å². The molecule has 7 heteroatoms. The third-order valence-corrected chi connectivity index (χ3v) is 4.00. The lowest BCUT2D eigenvalue weighted by atomic mass is 10.1. The van der Waals surface area contributed by atoms with Crippen LogP contribution in [-0.4, -0.2) is 46.8 Å². The highest BCUT2D eigenvalue weighted by Crippen LogP contribution is 2.16. The van der Waals surface area contributed by atoms with Crippen LogP contribution in [0.15, 0.2) is 53.8 Å². The SMILES string of the molecule is CC(=NN1CCN(c2ccccn2)CC1)c1cccc([N+](=O)[O-])c1. The van der Waals surface area contributed by atoms with Crippen molar-refractivity contribution in [1.82, 2.24) is 9.99 Å². The minimum Gasteiger partial charge on any atom is -0.353 e. The van der Waals surface area contributed by atoms with Crippen molar-refractivity contribution in [3.63, 3.8) is 0 Å². The Hall–Kier alpha value is -2.96. The van der Waals surface area contributed by atoms with Gasteiger partial charge in [-0.2, -0.15) is 5.10 Å². The molecule has 7 nitrogen and oxygen atoms in total. The van der Waals surface area contributed by atoms with Crippen LogP contribution in [0.4, 0.5) is 11.5 Å². The molecular weight excluding hydrogens is 306 g/mol. The monoisotopic (exact) mass is 325 g/mol. The molecule has 0 amide bonds. The average Bonchev–Trinajstić information content (AvgIpc) is 2.63. The van der Waals surface area contributed by atoms with E-state index in [-0.39, 0.29) is 10.6 Å². The predicted molar refractivity (Wildman–Crippen MR) is 93.3 cm³/mol. The van der Waals surface area contributed by atoms with E-state index in [2.05, 4.69) is 15.0 Å². The first-order valence-electron chi connectivity index (χ1n) is 7.84. The normalized spacial score (nSPS) is 15.5. The van der Waals surface area contributed by atoms with Crippen LogP contribution >= 0.6 is 0 Å². The summed E-state index contributed by atoms with van der Waals surface area (Å²) >= 11 is 0. The maximum atomic E-state index is 10.9. The first kappa shape index (κ1) is 15.9. The van der Waals surface area contributed by atoms with Gasteiger partial charge in [0, 0.05) is 37.0 Å². The molecule has 3 rings (SSSR count). The second-order valence-electron chi connectivity index (χ2n) is 5.62. The topological polar surface area (TPSA) is 74.9 Å². The van der Waals surface area contributed by atoms with Gasteiger partial charge in [0.25, 0.3) is 5.69 Å². The van der Waals surface area contributed by atoms with Crippen molar-refractivity contribution < 1.29 is 4.92 Å². The fourth-order valence-electron chi connectivity index (χ4n) is 2.68. The molecular formula is C17H19N5O2. The lowest BCUT2D eigenvalue weighted by Gasteiger charge is -2.34. The van der Waals surface area contributed by atoms with Gasteiger partial charge in [-0.05, 0) is 19.1 Å². The maximum Gasteiger partial charge on any atom is 0.270 e. The van der Waals surface area contributed by atoms with E-state index in [1.54, 1.807) is 18.3 Å². The highest BCUT2D eigenvalue weighted by atomic mass is 16.6. The Bertz CT molecular complexity index is 740. The Labute approximate surface area is 140 Å². The molecule has 0 aliphatic carbocycles. The van der Waals surface area contributed by atoms with E-state index in [4.69, 9.17) is 0 Å². The Balaban J connectivity index is 1.65. The van der Waals surface area contributed by atoms with Crippen molar-refractivity contribution in [2.24, 2.45) is 5.10 Å². The summed E-state index contributed by atoms with van der Waals surface area (Å²) in [6.07, 6.45) is 1.80. The fourth-order valence-corrected chi connectivity index (χ4v) is 2.68. The molecule has 1 aromatic heterocycles. The van der Waals surface area contributed by atoms with Crippen molar-refractivity contribution in [1.29, 1.82) is 0 Å². The van der Waals surface area contributed by atoms with Gasteiger partial charge in [0.05, 0.1) is 23.7 Å². The highest BCUT2D eigenvalue weighted by molar-refractivity contribution is 5.99. The van der Waals surface area contributed by atoms with Crippen LogP contribution < -0.4 is 4.90 Å². The van der Waals surface area contributed by atoms with E-state index in [1.807, 2.05) is 36.2 Å². The van der Waals surface area contributed by atoms with Gasteiger partial charge >= 0.3 is 0 Å². The van der Waals surface area contributed by atoms with Crippen molar-refractivity contribution in [3.8, 4) is 0 Å². The van der Waals surface area contributed by atoms with Crippen LogP contribution in [0.25, 0.3) is 0 Å². The zero-order chi connectivity index (χ0) is 16.9. The van der Waals surface area contributed by atoms with Crippen molar-refractivity contribution in [2.45, 2.75) is 6.92 Å². The zero-order valence-electron chi connectivity index (χ0n) is 13.5. The lowest BCUT2D eigenvalue weighted by molar-refractivity contribution is -0.384. The number of hydrogen-bond acceptors (Lipinski definition) is 6. The first-order valence-corrected chi connectivity index (χ1v) is 7.84. The molecule has 0 N–H and O–H groups in total. The molecule has 0 saturated carbocycles. The van der Waals surface area contributed by atoms with E-state index >= 15 is 0 Å². The maximum absolute atomic E-state index is 10.9. The third-order valence-electron chi connectivity index (χ3n) is 4.00. The van der Waals surface area contributed by atoms with Crippen molar-refractivity contribution >= 4 is 17.2 Å². The molecule has 1 aromatic carbocycles. The second kappa shape index (κ2) is 7.08. The van der Waals surface area contributed by atoms with E-state index in [0.29, 0.717) is 0 Å². The van der Waals surface area contributed by atoms with E-state index < -0.39 is 0 Å². The van der Waals surface area contributed by atoms with E-state index in [0.717, 1.165) is 43.3 Å². The number of pyridine rings is 1. The molecule has 0 bridgehead atoms. The molecule has 24 heavy (non-hydrogen) atoms. The van der Waals surface area contributed by atoms with Gasteiger partial charge in [-0.15, -0.1) is 0 Å². The summed E-state index contributed by atoms with van der Waals surface area (Å²) < 4.78 is 0. The number of anilines is 1. The Morgan fingerprint density at radius 3 is 2.62 bits per heavy atom. The Morgan fingerprint density at radius 2 is 1.96 bits per heavy atom. The summed E-state index contributed by atoms with van der Waals surface area (Å²) in [5.74, 6) is 0.983. The van der Waals surface area contributed by atoms with Gasteiger partial charge in [-0.1, -0.05) is 18.2 Å². The molecule has 0 atom stereocenters. The van der Waals surface area contributed by atoms with E-state index in [1.165, 1.54) is 6.07 Å². The molecule has 1 saturated heterocycles. The number of rotatable bonds is 4. The number of hydrazone groups is 1. The number of non-ortho nitro benzene ring substituents is 1. The summed E-state index contributed by atoms with van der Waals surface area (Å²) in [4.78, 5) is 17.1. The smallest absolute Gasteiger partial charge is 0.270 e. The number of aromatic nitrogens is 1. The zero-order valence-corrected chi connectivity index (χ0v) is 13.5. The van der Waals surface area contributed by atoms with Gasteiger partial charge in [0.1, 0.15) is 5.82 Å². The van der Waals surface area contributed by atoms with Gasteiger partial charge < -0.3 is 4.90 Å². The highest BCUT2D eigenvalue weighted by Gasteiger charge is 2.17. The van der Waals surface area contributed by atoms with Crippen LogP contribution in [0.1, 0.15) is 12.5 Å². The molecule has 1 aliphatic heterocycles. The Morgan fingerprint density at radius 1 is 1.17 bits per heavy atom. The second-order valence-corrected chi connectivity index (χ2v) is 5.62. The van der Waals surface area contributed by atoms with Crippen LogP contribution in [0.2, 0.25) is 0 Å². The van der Waals surface area contributed by atoms with Crippen molar-refractivity contribution in [3.05, 3.63) is 64.3 Å². The van der Waals surface area contributed by atoms with Crippen LogP contribution in [0.5, 0.6) is 0 Å². The number of benzene rings is 1. The van der Waals surface area contributed by atoms with Crippen LogP contribution in [0, 0.1) is 10.1 Å². The number of nitro benzene ring substituents is 1. The fraction of sp³-hybridized carbons (Fsp3) is 0.294. The molecule has 2 aromatic rings. The number of nitrogens with zero attached hydrogens (tertiary/aromatic N) is 5. The molecule has 0 spiro atoms. The largest absolute Gasteiger partial charge is 0.353 e. The van der Waals surface area contributed by atoms with Gasteiger partial charge in [-0.3, -0.25) is 15.1 Å². The molecule has 2 heterocycles. The molecule has 124 valence electrons. The standard InChI is InChI=1S/C17H19N5O2/c1-14(15-5-4-6-16(13-15)22(23)24)19-21-11-9-20(10-12-21)17-7-2-3-8-18-17/h2-8,13H,9-12H2,1H3. The molecule has 1 aliphatic rings. The number of piperazine rings is 1. The minimum absolute atomic E-state index is 0.0852. The Kier molecular flexibility index (Phi) is 4.69. The minimum atomic E-state index is -0.386. The third kappa shape index (κ3) is 3.68. The number of nitro groups is 1. The number of hydrogen-bond donors (Lipinski definition) is 0. The molecule has 0 radical (unpaired) electrons. The predicted octanol–water partition coefficient (Wildman–Crippen LogP) is 2.54. The summed E-state index contributed by atoms with van der Waals surface area (Å²) in [5, 5.41) is 17.5. The quantitative estimate of drug-likeness (QED) is 0.490. The average molecular weight is 325 g/mol. The summed E-state index contributed by atoms with van der Waals surface area (Å²) in [5.41, 5.74) is 1.64. The summed E-state index contributed by atoms with van der Waals surface area (Å²) in [6.45, 7) is 5.17. The van der Waals surface area contributed by atoms with Crippen LogP contribution in [-0.2, 0) is 0 Å². The lowest BCUT2D eigenvalue weighted by Crippen LogP contribution is -2.44. The van der Waals surface area contributed by atoms with E-state index in [9.17, 15) is 10.1 Å². The van der Waals surface area contributed by atoms with Crippen LogP contribution in [0.3, 0.4) is 0 Å². The first-order chi connectivity index (χ1) is 11.6. The summed E-state index contributed by atoms with van der Waals surface area (Å²) in [6, 6.07) is 12.5. The summed E-state index contributed by atoms with van der Waals surface area (Å²) in [7, 11) is 0. The van der Waals surface area contributed by atoms with Gasteiger partial charge in [0.2, 0.25) is 0 Å².